The Balaban J connectivity index is 1.68. The van der Waals surface area contributed by atoms with Crippen molar-refractivity contribution < 1.29 is 39.4 Å². The molecule has 168 valence electrons. The van der Waals surface area contributed by atoms with Gasteiger partial charge >= 0.3 is 0 Å². The molecular formula is C22H25ClO8. The molecule has 9 heteroatoms. The van der Waals surface area contributed by atoms with Gasteiger partial charge in [0.1, 0.15) is 37.6 Å². The fourth-order valence-electron chi connectivity index (χ4n) is 4.01. The van der Waals surface area contributed by atoms with Crippen molar-refractivity contribution >= 4 is 11.6 Å². The van der Waals surface area contributed by atoms with Gasteiger partial charge in [0, 0.05) is 17.7 Å². The first kappa shape index (κ1) is 22.3. The van der Waals surface area contributed by atoms with Crippen LogP contribution in [0.4, 0.5) is 0 Å². The number of ether oxygens (including phenoxy) is 4. The van der Waals surface area contributed by atoms with Gasteiger partial charge in [-0.2, -0.15) is 0 Å². The molecule has 2 aliphatic rings. The molecule has 2 aromatic rings. The topological polar surface area (TPSA) is 118 Å². The van der Waals surface area contributed by atoms with Gasteiger partial charge in [0.2, 0.25) is 5.79 Å². The Morgan fingerprint density at radius 2 is 1.77 bits per heavy atom. The maximum absolute atomic E-state index is 10.7. The number of methoxy groups -OCH3 is 1. The Morgan fingerprint density at radius 3 is 2.48 bits per heavy atom. The molecule has 0 saturated carbocycles. The number of aliphatic hydroxyl groups is 4. The van der Waals surface area contributed by atoms with Crippen LogP contribution >= 0.6 is 11.6 Å². The van der Waals surface area contributed by atoms with Crippen LogP contribution in [0.25, 0.3) is 0 Å². The summed E-state index contributed by atoms with van der Waals surface area (Å²) >= 11 is 6.43. The highest BCUT2D eigenvalue weighted by molar-refractivity contribution is 6.31. The van der Waals surface area contributed by atoms with Crippen LogP contribution in [-0.2, 0) is 21.7 Å². The van der Waals surface area contributed by atoms with Gasteiger partial charge in [-0.05, 0) is 41.8 Å². The average molecular weight is 453 g/mol. The minimum atomic E-state index is -1.79. The molecule has 0 amide bonds. The third kappa shape index (κ3) is 4.01. The minimum Gasteiger partial charge on any atom is -0.486 e. The van der Waals surface area contributed by atoms with Gasteiger partial charge < -0.3 is 39.4 Å². The van der Waals surface area contributed by atoms with E-state index in [-0.39, 0.29) is 0 Å². The van der Waals surface area contributed by atoms with Crippen molar-refractivity contribution in [3.63, 3.8) is 0 Å². The summed E-state index contributed by atoms with van der Waals surface area (Å²) in [6.07, 6.45) is -5.34. The van der Waals surface area contributed by atoms with Crippen molar-refractivity contribution in [2.24, 2.45) is 0 Å². The third-order valence-corrected chi connectivity index (χ3v) is 6.07. The van der Waals surface area contributed by atoms with Crippen molar-refractivity contribution in [2.45, 2.75) is 36.6 Å². The lowest BCUT2D eigenvalue weighted by Crippen LogP contribution is -2.64. The normalized spacial score (nSPS) is 30.3. The summed E-state index contributed by atoms with van der Waals surface area (Å²) in [4.78, 5) is 0. The van der Waals surface area contributed by atoms with Crippen LogP contribution in [0, 0.1) is 0 Å². The van der Waals surface area contributed by atoms with Crippen LogP contribution in [0.1, 0.15) is 16.7 Å². The lowest BCUT2D eigenvalue weighted by Gasteiger charge is -2.47. The quantitative estimate of drug-likeness (QED) is 0.530. The van der Waals surface area contributed by atoms with Crippen LogP contribution in [0.5, 0.6) is 11.5 Å². The van der Waals surface area contributed by atoms with E-state index in [1.54, 1.807) is 18.2 Å². The molecule has 0 aromatic heterocycles. The van der Waals surface area contributed by atoms with Gasteiger partial charge in [-0.1, -0.05) is 23.7 Å². The second-order valence-corrected chi connectivity index (χ2v) is 8.00. The van der Waals surface area contributed by atoms with Crippen molar-refractivity contribution in [1.29, 1.82) is 0 Å². The summed E-state index contributed by atoms with van der Waals surface area (Å²) in [7, 11) is 1.32. The predicted molar refractivity (Wildman–Crippen MR) is 110 cm³/mol. The van der Waals surface area contributed by atoms with Crippen molar-refractivity contribution in [3.8, 4) is 11.5 Å². The average Bonchev–Trinajstić information content (AvgIpc) is 2.79. The fraction of sp³-hybridized carbons (Fsp3) is 0.455. The smallest absolute Gasteiger partial charge is 0.224 e. The van der Waals surface area contributed by atoms with Crippen LogP contribution in [-0.4, -0.2) is 71.8 Å². The van der Waals surface area contributed by atoms with Gasteiger partial charge in [-0.25, -0.2) is 0 Å². The number of hydrogen-bond acceptors (Lipinski definition) is 8. The van der Waals surface area contributed by atoms with Crippen LogP contribution in [0.3, 0.4) is 0 Å². The maximum atomic E-state index is 10.7. The zero-order chi connectivity index (χ0) is 22.2. The molecule has 0 radical (unpaired) electrons. The monoisotopic (exact) mass is 452 g/mol. The van der Waals surface area contributed by atoms with E-state index in [4.69, 9.17) is 30.5 Å². The highest BCUT2D eigenvalue weighted by Crippen LogP contribution is 2.40. The van der Waals surface area contributed by atoms with E-state index in [1.807, 2.05) is 18.2 Å². The summed E-state index contributed by atoms with van der Waals surface area (Å²) in [6, 6.07) is 10.6. The first-order valence-electron chi connectivity index (χ1n) is 9.95. The molecule has 2 aromatic carbocycles. The largest absolute Gasteiger partial charge is 0.486 e. The first-order valence-corrected chi connectivity index (χ1v) is 10.3. The maximum Gasteiger partial charge on any atom is 0.224 e. The predicted octanol–water partition coefficient (Wildman–Crippen LogP) is 0.975. The van der Waals surface area contributed by atoms with E-state index < -0.39 is 36.8 Å². The number of hydrogen-bond donors (Lipinski definition) is 4. The molecule has 2 heterocycles. The molecular weight excluding hydrogens is 428 g/mol. The standard InChI is InChI=1S/C22H25ClO8/c1-28-22(21(27)20(26)19(25)18(11-24)31-22)14-3-4-15(23)13(10-14)8-12-2-5-16-17(9-12)30-7-6-29-16/h2-5,9-10,18-21,24-27H,6-8,11H2,1H3/t18-,19-,20+,21-,22+/m1/s1. The Labute approximate surface area is 184 Å². The number of aliphatic hydroxyl groups excluding tert-OH is 4. The van der Waals surface area contributed by atoms with E-state index in [9.17, 15) is 20.4 Å². The molecule has 0 aliphatic carbocycles. The lowest BCUT2D eigenvalue weighted by atomic mass is 9.87. The molecule has 1 fully saturated rings. The lowest BCUT2D eigenvalue weighted by molar-refractivity contribution is -0.366. The molecule has 0 bridgehead atoms. The Morgan fingerprint density at radius 1 is 1.03 bits per heavy atom. The molecule has 4 N–H and O–H groups in total. The molecule has 1 saturated heterocycles. The first-order chi connectivity index (χ1) is 14.9. The summed E-state index contributed by atoms with van der Waals surface area (Å²) in [5, 5.41) is 41.2. The molecule has 31 heavy (non-hydrogen) atoms. The number of fused-ring (bicyclic) bond motifs is 1. The highest BCUT2D eigenvalue weighted by Gasteiger charge is 2.55. The van der Waals surface area contributed by atoms with E-state index in [0.717, 1.165) is 11.1 Å². The van der Waals surface area contributed by atoms with Crippen LogP contribution in [0.2, 0.25) is 5.02 Å². The van der Waals surface area contributed by atoms with Gasteiger partial charge in [0.05, 0.1) is 6.61 Å². The number of halogens is 1. The molecule has 5 atom stereocenters. The second kappa shape index (κ2) is 8.91. The van der Waals surface area contributed by atoms with Gasteiger partial charge in [-0.3, -0.25) is 0 Å². The van der Waals surface area contributed by atoms with E-state index in [2.05, 4.69) is 0 Å². The van der Waals surface area contributed by atoms with Crippen LogP contribution in [0.15, 0.2) is 36.4 Å². The third-order valence-electron chi connectivity index (χ3n) is 5.70. The number of benzene rings is 2. The molecule has 0 unspecified atom stereocenters. The molecule has 2 aliphatic heterocycles. The summed E-state index contributed by atoms with van der Waals surface area (Å²) in [5.41, 5.74) is 2.05. The Bertz CT molecular complexity index is 936. The van der Waals surface area contributed by atoms with E-state index >= 15 is 0 Å². The zero-order valence-electron chi connectivity index (χ0n) is 16.9. The van der Waals surface area contributed by atoms with Crippen molar-refractivity contribution in [3.05, 3.63) is 58.1 Å². The molecule has 8 nitrogen and oxygen atoms in total. The molecule has 4 rings (SSSR count). The summed E-state index contributed by atoms with van der Waals surface area (Å²) < 4.78 is 22.5. The number of rotatable bonds is 5. The van der Waals surface area contributed by atoms with E-state index in [1.165, 1.54) is 7.11 Å². The van der Waals surface area contributed by atoms with Crippen LogP contribution < -0.4 is 9.47 Å². The minimum absolute atomic E-state index is 0.392. The Kier molecular flexibility index (Phi) is 6.41. The second-order valence-electron chi connectivity index (χ2n) is 7.60. The SMILES string of the molecule is CO[C@@]1(c2ccc(Cl)c(Cc3ccc4c(c3)OCCO4)c2)O[C@H](CO)[C@@H](O)[C@H](O)[C@H]1O. The summed E-state index contributed by atoms with van der Waals surface area (Å²) in [5.74, 6) is -0.439. The van der Waals surface area contributed by atoms with E-state index in [0.29, 0.717) is 41.7 Å². The van der Waals surface area contributed by atoms with Gasteiger partial charge in [0.15, 0.2) is 11.5 Å². The van der Waals surface area contributed by atoms with Crippen molar-refractivity contribution in [1.82, 2.24) is 0 Å². The zero-order valence-corrected chi connectivity index (χ0v) is 17.7. The Hall–Kier alpha value is -1.91. The fourth-order valence-corrected chi connectivity index (χ4v) is 4.20. The molecule has 0 spiro atoms. The van der Waals surface area contributed by atoms with Crippen molar-refractivity contribution in [2.75, 3.05) is 26.9 Å². The van der Waals surface area contributed by atoms with Gasteiger partial charge in [-0.15, -0.1) is 0 Å². The summed E-state index contributed by atoms with van der Waals surface area (Å²) in [6.45, 7) is 0.434. The highest BCUT2D eigenvalue weighted by atomic mass is 35.5. The van der Waals surface area contributed by atoms with Gasteiger partial charge in [0.25, 0.3) is 0 Å².